The molecule has 10 heavy (non-hydrogen) atoms. The number of nitrogens with one attached hydrogen (secondary N) is 1. The molecule has 0 aromatic heterocycles. The van der Waals surface area contributed by atoms with Gasteiger partial charge in [-0.25, -0.2) is 5.01 Å². The Morgan fingerprint density at radius 2 is 2.10 bits per heavy atom. The van der Waals surface area contributed by atoms with Gasteiger partial charge >= 0.3 is 0 Å². The summed E-state index contributed by atoms with van der Waals surface area (Å²) in [6.45, 7) is 7.49. The van der Waals surface area contributed by atoms with E-state index < -0.39 is 0 Å². The lowest BCUT2D eigenvalue weighted by atomic mass is 10.4. The van der Waals surface area contributed by atoms with Gasteiger partial charge in [-0.15, -0.1) is 0 Å². The average molecular weight is 142 g/mol. The van der Waals surface area contributed by atoms with Gasteiger partial charge in [0.2, 0.25) is 0 Å². The first-order valence-corrected chi connectivity index (χ1v) is 4.06. The Balaban J connectivity index is 2.02. The minimum absolute atomic E-state index is 0.986. The molecule has 0 amide bonds. The molecule has 1 N–H and O–H groups in total. The molecule has 1 heterocycles. The summed E-state index contributed by atoms with van der Waals surface area (Å²) in [4.78, 5) is 0. The smallest absolute Gasteiger partial charge is 0.0304 e. The predicted molar refractivity (Wildman–Crippen MR) is 41.7 cm³/mol. The van der Waals surface area contributed by atoms with E-state index in [0.29, 0.717) is 0 Å². The van der Waals surface area contributed by atoms with Gasteiger partial charge in [0.05, 0.1) is 0 Å². The zero-order valence-corrected chi connectivity index (χ0v) is 6.64. The molecule has 0 spiro atoms. The molecule has 1 aliphatic heterocycles. The molecule has 0 bridgehead atoms. The van der Waals surface area contributed by atoms with Crippen molar-refractivity contribution in [2.75, 3.05) is 32.7 Å². The number of piperazine rings is 1. The molecular weight excluding hydrogens is 126 g/mol. The molecule has 59 valence electrons. The quantitative estimate of drug-likeness (QED) is 0.592. The van der Waals surface area contributed by atoms with Crippen LogP contribution in [0.1, 0.15) is 13.3 Å². The van der Waals surface area contributed by atoms with Gasteiger partial charge in [-0.3, -0.25) is 0 Å². The Bertz CT molecular complexity index is 78.9. The molecule has 1 saturated heterocycles. The zero-order valence-electron chi connectivity index (χ0n) is 6.64. The first kappa shape index (κ1) is 7.98. The van der Waals surface area contributed by atoms with Crippen molar-refractivity contribution in [3.8, 4) is 0 Å². The van der Waals surface area contributed by atoms with Crippen molar-refractivity contribution in [2.24, 2.45) is 0 Å². The fourth-order valence-electron chi connectivity index (χ4n) is 1.04. The third-order valence-electron chi connectivity index (χ3n) is 1.62. The number of nitrogens with zero attached hydrogens (tertiary/aromatic N) is 2. The highest BCUT2D eigenvalue weighted by molar-refractivity contribution is 4.62. The fraction of sp³-hybridized carbons (Fsp3) is 1.00. The SMILES string of the molecule is CCC[N]N1CCNCC1. The van der Waals surface area contributed by atoms with Gasteiger partial charge in [0, 0.05) is 32.7 Å². The third kappa shape index (κ3) is 2.64. The first-order chi connectivity index (χ1) is 4.93. The van der Waals surface area contributed by atoms with Crippen molar-refractivity contribution < 1.29 is 0 Å². The molecule has 1 aliphatic rings. The molecule has 0 aliphatic carbocycles. The van der Waals surface area contributed by atoms with Crippen LogP contribution in [0, 0.1) is 0 Å². The van der Waals surface area contributed by atoms with Crippen LogP contribution >= 0.6 is 0 Å². The van der Waals surface area contributed by atoms with Crippen molar-refractivity contribution in [2.45, 2.75) is 13.3 Å². The van der Waals surface area contributed by atoms with Crippen molar-refractivity contribution in [1.82, 2.24) is 15.8 Å². The standard InChI is InChI=1S/C7H16N3/c1-2-3-9-10-6-4-8-5-7-10/h8H,2-7H2,1H3. The van der Waals surface area contributed by atoms with Gasteiger partial charge in [0.15, 0.2) is 0 Å². The summed E-state index contributed by atoms with van der Waals surface area (Å²) >= 11 is 0. The van der Waals surface area contributed by atoms with Crippen LogP contribution in [-0.4, -0.2) is 37.7 Å². The summed E-state index contributed by atoms with van der Waals surface area (Å²) in [5.41, 5.74) is 4.39. The van der Waals surface area contributed by atoms with E-state index in [1.54, 1.807) is 0 Å². The van der Waals surface area contributed by atoms with Gasteiger partial charge in [0.25, 0.3) is 0 Å². The Morgan fingerprint density at radius 3 is 2.70 bits per heavy atom. The number of rotatable bonds is 3. The van der Waals surface area contributed by atoms with E-state index in [-0.39, 0.29) is 0 Å². The van der Waals surface area contributed by atoms with E-state index in [9.17, 15) is 0 Å². The Hall–Kier alpha value is -0.120. The normalized spacial score (nSPS) is 21.3. The summed E-state index contributed by atoms with van der Waals surface area (Å²) < 4.78 is 0. The largest absolute Gasteiger partial charge is 0.314 e. The average Bonchev–Trinajstić information content (AvgIpc) is 2.03. The molecule has 3 nitrogen and oxygen atoms in total. The van der Waals surface area contributed by atoms with E-state index in [1.165, 1.54) is 0 Å². The van der Waals surface area contributed by atoms with Gasteiger partial charge in [0.1, 0.15) is 0 Å². The summed E-state index contributed by atoms with van der Waals surface area (Å²) in [5.74, 6) is 0. The molecule has 0 unspecified atom stereocenters. The highest BCUT2D eigenvalue weighted by atomic mass is 15.5. The summed E-state index contributed by atoms with van der Waals surface area (Å²) in [5, 5.41) is 5.46. The van der Waals surface area contributed by atoms with E-state index in [0.717, 1.165) is 39.1 Å². The lowest BCUT2D eigenvalue weighted by molar-refractivity contribution is 0.158. The minimum Gasteiger partial charge on any atom is -0.314 e. The van der Waals surface area contributed by atoms with Gasteiger partial charge < -0.3 is 5.32 Å². The van der Waals surface area contributed by atoms with E-state index in [4.69, 9.17) is 0 Å². The summed E-state index contributed by atoms with van der Waals surface area (Å²) in [6.07, 6.45) is 1.16. The van der Waals surface area contributed by atoms with Crippen molar-refractivity contribution in [3.05, 3.63) is 0 Å². The van der Waals surface area contributed by atoms with Crippen LogP contribution in [-0.2, 0) is 0 Å². The second-order valence-corrected chi connectivity index (χ2v) is 2.57. The van der Waals surface area contributed by atoms with Crippen LogP contribution in [0.25, 0.3) is 0 Å². The molecule has 0 aromatic rings. The Labute approximate surface area is 62.8 Å². The second kappa shape index (κ2) is 4.66. The highest BCUT2D eigenvalue weighted by Crippen LogP contribution is 1.88. The van der Waals surface area contributed by atoms with Crippen LogP contribution < -0.4 is 10.7 Å². The molecule has 1 rings (SSSR count). The predicted octanol–water partition coefficient (Wildman–Crippen LogP) is -0.179. The lowest BCUT2D eigenvalue weighted by Crippen LogP contribution is -2.47. The number of hydrogen-bond donors (Lipinski definition) is 1. The first-order valence-electron chi connectivity index (χ1n) is 4.06. The summed E-state index contributed by atoms with van der Waals surface area (Å²) in [7, 11) is 0. The maximum absolute atomic E-state index is 4.39. The molecular formula is C7H16N3. The molecule has 0 saturated carbocycles. The van der Waals surface area contributed by atoms with Crippen LogP contribution in [0.15, 0.2) is 0 Å². The minimum atomic E-state index is 0.986. The van der Waals surface area contributed by atoms with E-state index in [1.807, 2.05) is 0 Å². The maximum Gasteiger partial charge on any atom is 0.0304 e. The topological polar surface area (TPSA) is 29.4 Å². The van der Waals surface area contributed by atoms with Gasteiger partial charge in [-0.05, 0) is 6.42 Å². The van der Waals surface area contributed by atoms with E-state index >= 15 is 0 Å². The molecule has 1 radical (unpaired) electrons. The zero-order chi connectivity index (χ0) is 7.23. The van der Waals surface area contributed by atoms with Gasteiger partial charge in [-0.2, -0.15) is 5.43 Å². The van der Waals surface area contributed by atoms with Crippen LogP contribution in [0.5, 0.6) is 0 Å². The van der Waals surface area contributed by atoms with Crippen molar-refractivity contribution >= 4 is 0 Å². The number of hydrogen-bond acceptors (Lipinski definition) is 2. The van der Waals surface area contributed by atoms with Crippen LogP contribution in [0.3, 0.4) is 0 Å². The Kier molecular flexibility index (Phi) is 3.72. The molecule has 0 aromatic carbocycles. The molecule has 0 atom stereocenters. The monoisotopic (exact) mass is 142 g/mol. The summed E-state index contributed by atoms with van der Waals surface area (Å²) in [6, 6.07) is 0. The van der Waals surface area contributed by atoms with Crippen LogP contribution in [0.2, 0.25) is 0 Å². The fourth-order valence-corrected chi connectivity index (χ4v) is 1.04. The van der Waals surface area contributed by atoms with Crippen LogP contribution in [0.4, 0.5) is 0 Å². The van der Waals surface area contributed by atoms with Crippen molar-refractivity contribution in [1.29, 1.82) is 0 Å². The third-order valence-corrected chi connectivity index (χ3v) is 1.62. The second-order valence-electron chi connectivity index (χ2n) is 2.57. The molecule has 3 heteroatoms. The maximum atomic E-state index is 4.39. The van der Waals surface area contributed by atoms with Gasteiger partial charge in [-0.1, -0.05) is 6.92 Å². The van der Waals surface area contributed by atoms with Crippen molar-refractivity contribution in [3.63, 3.8) is 0 Å². The van der Waals surface area contributed by atoms with E-state index in [2.05, 4.69) is 22.7 Å². The highest BCUT2D eigenvalue weighted by Gasteiger charge is 2.07. The lowest BCUT2D eigenvalue weighted by Gasteiger charge is -2.25. The Morgan fingerprint density at radius 1 is 1.40 bits per heavy atom. The molecule has 1 fully saturated rings.